The number of rotatable bonds is 2. The van der Waals surface area contributed by atoms with Crippen LogP contribution in [0.4, 0.5) is 11.4 Å². The average Bonchev–Trinajstić information content (AvgIpc) is 3.04. The fourth-order valence-corrected chi connectivity index (χ4v) is 3.83. The maximum absolute atomic E-state index is 11.4. The fourth-order valence-electron chi connectivity index (χ4n) is 3.83. The number of nitro groups is 1. The van der Waals surface area contributed by atoms with E-state index in [0.717, 1.165) is 12.0 Å². The third-order valence-electron chi connectivity index (χ3n) is 4.84. The van der Waals surface area contributed by atoms with Gasteiger partial charge in [-0.15, -0.1) is 0 Å². The lowest BCUT2D eigenvalue weighted by Crippen LogP contribution is -2.29. The molecule has 4 rings (SSSR count). The summed E-state index contributed by atoms with van der Waals surface area (Å²) < 4.78 is 0. The zero-order chi connectivity index (χ0) is 16.0. The van der Waals surface area contributed by atoms with Gasteiger partial charge in [0.2, 0.25) is 0 Å². The number of benzene rings is 2. The van der Waals surface area contributed by atoms with Gasteiger partial charge in [-0.2, -0.15) is 0 Å². The molecule has 116 valence electrons. The van der Waals surface area contributed by atoms with E-state index in [-0.39, 0.29) is 34.2 Å². The molecular formula is C18H16N2O3. The minimum atomic E-state index is -0.339. The molecule has 0 saturated heterocycles. The van der Waals surface area contributed by atoms with Crippen LogP contribution in [0.2, 0.25) is 0 Å². The molecule has 0 saturated carbocycles. The van der Waals surface area contributed by atoms with Crippen molar-refractivity contribution < 1.29 is 10.0 Å². The van der Waals surface area contributed by atoms with Gasteiger partial charge in [-0.3, -0.25) is 10.1 Å². The van der Waals surface area contributed by atoms with Crippen LogP contribution in [0.5, 0.6) is 5.75 Å². The smallest absolute Gasteiger partial charge is 0.274 e. The van der Waals surface area contributed by atoms with Crippen molar-refractivity contribution in [2.45, 2.75) is 18.4 Å². The van der Waals surface area contributed by atoms with E-state index < -0.39 is 0 Å². The van der Waals surface area contributed by atoms with Crippen molar-refractivity contribution >= 4 is 11.4 Å². The van der Waals surface area contributed by atoms with Crippen molar-refractivity contribution in [2.24, 2.45) is 5.92 Å². The van der Waals surface area contributed by atoms with Gasteiger partial charge in [0.05, 0.1) is 22.2 Å². The quantitative estimate of drug-likeness (QED) is 0.378. The topological polar surface area (TPSA) is 75.4 Å². The van der Waals surface area contributed by atoms with Gasteiger partial charge in [0.25, 0.3) is 5.69 Å². The minimum Gasteiger partial charge on any atom is -0.506 e. The van der Waals surface area contributed by atoms with Crippen LogP contribution in [0, 0.1) is 16.0 Å². The van der Waals surface area contributed by atoms with Crippen LogP contribution in [0.3, 0.4) is 0 Å². The predicted molar refractivity (Wildman–Crippen MR) is 87.6 cm³/mol. The monoisotopic (exact) mass is 308 g/mol. The molecule has 2 N–H and O–H groups in total. The van der Waals surface area contributed by atoms with Crippen LogP contribution in [-0.4, -0.2) is 10.0 Å². The number of phenols is 1. The molecule has 2 aromatic carbocycles. The number of anilines is 1. The Bertz CT molecular complexity index is 816. The molecule has 0 bridgehead atoms. The molecule has 5 heteroatoms. The third kappa shape index (κ3) is 2.08. The maximum atomic E-state index is 11.4. The van der Waals surface area contributed by atoms with E-state index in [1.807, 2.05) is 18.2 Å². The number of fused-ring (bicyclic) bond motifs is 3. The van der Waals surface area contributed by atoms with Crippen LogP contribution in [0.1, 0.15) is 29.5 Å². The van der Waals surface area contributed by atoms with Crippen molar-refractivity contribution in [1.82, 2.24) is 0 Å². The number of allylic oxidation sites excluding steroid dienone is 2. The molecule has 0 spiro atoms. The Balaban J connectivity index is 1.86. The highest BCUT2D eigenvalue weighted by atomic mass is 16.6. The first-order valence-electron chi connectivity index (χ1n) is 7.65. The van der Waals surface area contributed by atoms with E-state index in [1.165, 1.54) is 6.07 Å². The van der Waals surface area contributed by atoms with Gasteiger partial charge in [-0.05, 0) is 24.0 Å². The Morgan fingerprint density at radius 3 is 2.74 bits per heavy atom. The lowest BCUT2D eigenvalue weighted by Gasteiger charge is -2.37. The van der Waals surface area contributed by atoms with Crippen molar-refractivity contribution in [3.05, 3.63) is 75.9 Å². The van der Waals surface area contributed by atoms with Crippen LogP contribution < -0.4 is 5.32 Å². The summed E-state index contributed by atoms with van der Waals surface area (Å²) in [4.78, 5) is 11.0. The summed E-state index contributed by atoms with van der Waals surface area (Å²) in [6.07, 6.45) is 5.13. The van der Waals surface area contributed by atoms with E-state index in [4.69, 9.17) is 0 Å². The summed E-state index contributed by atoms with van der Waals surface area (Å²) >= 11 is 0. The van der Waals surface area contributed by atoms with Crippen molar-refractivity contribution in [2.75, 3.05) is 5.32 Å². The van der Waals surface area contributed by atoms with Gasteiger partial charge in [0, 0.05) is 12.0 Å². The lowest BCUT2D eigenvalue weighted by molar-refractivity contribution is -0.385. The summed E-state index contributed by atoms with van der Waals surface area (Å²) in [5.41, 5.74) is 2.53. The molecule has 0 fully saturated rings. The lowest BCUT2D eigenvalue weighted by atomic mass is 9.76. The van der Waals surface area contributed by atoms with Gasteiger partial charge in [0.1, 0.15) is 5.75 Å². The number of para-hydroxylation sites is 2. The number of nitrogens with zero attached hydrogens (tertiary/aromatic N) is 1. The number of aromatic hydroxyl groups is 1. The second-order valence-corrected chi connectivity index (χ2v) is 6.03. The molecular weight excluding hydrogens is 292 g/mol. The summed E-state index contributed by atoms with van der Waals surface area (Å²) in [5.74, 6) is 0.568. The Labute approximate surface area is 133 Å². The molecule has 5 nitrogen and oxygen atoms in total. The molecule has 0 radical (unpaired) electrons. The van der Waals surface area contributed by atoms with Gasteiger partial charge in [0.15, 0.2) is 0 Å². The Morgan fingerprint density at radius 2 is 1.91 bits per heavy atom. The van der Waals surface area contributed by atoms with Crippen LogP contribution >= 0.6 is 0 Å². The Hall–Kier alpha value is -2.82. The van der Waals surface area contributed by atoms with Gasteiger partial charge in [-0.1, -0.05) is 42.5 Å². The Kier molecular flexibility index (Phi) is 3.08. The van der Waals surface area contributed by atoms with Crippen LogP contribution in [0.15, 0.2) is 54.6 Å². The number of nitro benzene ring substituents is 1. The van der Waals surface area contributed by atoms with E-state index in [2.05, 4.69) is 17.5 Å². The van der Waals surface area contributed by atoms with E-state index in [0.29, 0.717) is 11.3 Å². The first kappa shape index (κ1) is 13.8. The molecule has 2 aliphatic rings. The first-order valence-corrected chi connectivity index (χ1v) is 7.65. The standard InChI is InChI=1S/C18H16N2O3/c21-16-10-4-8-13-11-6-3-7-12(11)17(19-18(13)16)14-5-1-2-9-15(14)20(22)23/h1-6,8-12,17,19,21H,7H2. The van der Waals surface area contributed by atoms with Crippen molar-refractivity contribution in [3.63, 3.8) is 0 Å². The first-order chi connectivity index (χ1) is 11.2. The third-order valence-corrected chi connectivity index (χ3v) is 4.84. The Morgan fingerprint density at radius 1 is 1.13 bits per heavy atom. The molecule has 3 unspecified atom stereocenters. The molecule has 1 heterocycles. The highest BCUT2D eigenvalue weighted by Crippen LogP contribution is 2.52. The molecule has 2 aromatic rings. The van der Waals surface area contributed by atoms with E-state index >= 15 is 0 Å². The second-order valence-electron chi connectivity index (χ2n) is 6.03. The van der Waals surface area contributed by atoms with Crippen LogP contribution in [0.25, 0.3) is 0 Å². The maximum Gasteiger partial charge on any atom is 0.274 e. The predicted octanol–water partition coefficient (Wildman–Crippen LogP) is 4.13. The van der Waals surface area contributed by atoms with Crippen LogP contribution in [-0.2, 0) is 0 Å². The molecule has 3 atom stereocenters. The highest BCUT2D eigenvalue weighted by molar-refractivity contribution is 5.67. The summed E-state index contributed by atoms with van der Waals surface area (Å²) in [7, 11) is 0. The number of hydrogen-bond acceptors (Lipinski definition) is 4. The summed E-state index contributed by atoms with van der Waals surface area (Å²) in [5, 5.41) is 24.9. The number of hydrogen-bond donors (Lipinski definition) is 2. The summed E-state index contributed by atoms with van der Waals surface area (Å²) in [6.45, 7) is 0. The molecule has 23 heavy (non-hydrogen) atoms. The SMILES string of the molecule is O=[N+]([O-])c1ccccc1C1Nc2c(O)cccc2C2C=CCC21. The minimum absolute atomic E-state index is 0.120. The fraction of sp³-hybridized carbons (Fsp3) is 0.222. The average molecular weight is 308 g/mol. The normalized spacial score (nSPS) is 24.6. The molecule has 0 aromatic heterocycles. The van der Waals surface area contributed by atoms with E-state index in [9.17, 15) is 15.2 Å². The van der Waals surface area contributed by atoms with Gasteiger partial charge in [-0.25, -0.2) is 0 Å². The number of nitrogens with one attached hydrogen (secondary N) is 1. The van der Waals surface area contributed by atoms with Gasteiger partial charge < -0.3 is 10.4 Å². The zero-order valence-corrected chi connectivity index (χ0v) is 12.3. The van der Waals surface area contributed by atoms with Crippen molar-refractivity contribution in [3.8, 4) is 5.75 Å². The number of phenolic OH excluding ortho intramolecular Hbond substituents is 1. The second kappa shape index (κ2) is 5.12. The summed E-state index contributed by atoms with van der Waals surface area (Å²) in [6, 6.07) is 12.1. The molecule has 1 aliphatic carbocycles. The molecule has 1 aliphatic heterocycles. The van der Waals surface area contributed by atoms with Crippen molar-refractivity contribution in [1.29, 1.82) is 0 Å². The van der Waals surface area contributed by atoms with E-state index in [1.54, 1.807) is 18.2 Å². The largest absolute Gasteiger partial charge is 0.506 e. The van der Waals surface area contributed by atoms with Gasteiger partial charge >= 0.3 is 0 Å². The highest BCUT2D eigenvalue weighted by Gasteiger charge is 2.40. The zero-order valence-electron chi connectivity index (χ0n) is 12.3. The molecule has 0 amide bonds.